The first-order valence-corrected chi connectivity index (χ1v) is 11.0. The molecule has 3 heterocycles. The van der Waals surface area contributed by atoms with Crippen LogP contribution in [0.2, 0.25) is 0 Å². The number of rotatable bonds is 4. The molecule has 0 bridgehead atoms. The molecule has 0 unspecified atom stereocenters. The number of allylic oxidation sites excluding steroid dienone is 1. The largest absolute Gasteiger partial charge is 0.358 e. The molecular weight excluding hydrogens is 376 g/mol. The second kappa shape index (κ2) is 7.76. The molecule has 30 heavy (non-hydrogen) atoms. The maximum absolute atomic E-state index is 13.0. The molecule has 5 rings (SSSR count). The Labute approximate surface area is 176 Å². The lowest BCUT2D eigenvalue weighted by atomic mass is 9.86. The molecule has 1 aliphatic carbocycles. The molecule has 6 nitrogen and oxygen atoms in total. The van der Waals surface area contributed by atoms with Crippen molar-refractivity contribution in [1.82, 2.24) is 15.2 Å². The zero-order valence-electron chi connectivity index (χ0n) is 17.4. The zero-order valence-corrected chi connectivity index (χ0v) is 17.4. The van der Waals surface area contributed by atoms with Crippen LogP contribution >= 0.6 is 0 Å². The highest BCUT2D eigenvalue weighted by atomic mass is 16.2. The molecule has 1 saturated heterocycles. The molecule has 0 spiro atoms. The SMILES string of the molecule is Cc1[nH]c2c(c1C(=O)NCCN1CCCC1)CCCC2=C1C(=O)Nc2ccccc21. The number of anilines is 1. The Bertz CT molecular complexity index is 1040. The number of H-pyrrole nitrogens is 1. The minimum absolute atomic E-state index is 0.00767. The number of nitrogens with one attached hydrogen (secondary N) is 3. The van der Waals surface area contributed by atoms with Crippen molar-refractivity contribution in [3.05, 3.63) is 52.3 Å². The molecule has 1 aromatic carbocycles. The van der Waals surface area contributed by atoms with Gasteiger partial charge in [0.1, 0.15) is 0 Å². The first kappa shape index (κ1) is 19.1. The molecular formula is C24H28N4O2. The average molecular weight is 405 g/mol. The van der Waals surface area contributed by atoms with E-state index in [1.807, 2.05) is 31.2 Å². The van der Waals surface area contributed by atoms with E-state index in [0.29, 0.717) is 6.54 Å². The lowest BCUT2D eigenvalue weighted by Crippen LogP contribution is -2.34. The van der Waals surface area contributed by atoms with Gasteiger partial charge in [-0.05, 0) is 69.3 Å². The number of hydrogen-bond acceptors (Lipinski definition) is 3. The summed E-state index contributed by atoms with van der Waals surface area (Å²) in [6.45, 7) is 5.80. The number of carbonyl (C=O) groups is 2. The van der Waals surface area contributed by atoms with Gasteiger partial charge in [0.05, 0.1) is 11.1 Å². The van der Waals surface area contributed by atoms with E-state index in [2.05, 4.69) is 20.5 Å². The Morgan fingerprint density at radius 3 is 2.77 bits per heavy atom. The molecule has 2 aromatic rings. The summed E-state index contributed by atoms with van der Waals surface area (Å²) in [5.74, 6) is -0.0605. The predicted octanol–water partition coefficient (Wildman–Crippen LogP) is 3.35. The first-order chi connectivity index (χ1) is 14.6. The van der Waals surface area contributed by atoms with Crippen molar-refractivity contribution < 1.29 is 9.59 Å². The Balaban J connectivity index is 1.45. The predicted molar refractivity (Wildman–Crippen MR) is 118 cm³/mol. The molecule has 1 aromatic heterocycles. The number of aryl methyl sites for hydroxylation is 1. The van der Waals surface area contributed by atoms with Crippen LogP contribution in [-0.4, -0.2) is 47.9 Å². The average Bonchev–Trinajstić information content (AvgIpc) is 3.44. The smallest absolute Gasteiger partial charge is 0.256 e. The van der Waals surface area contributed by atoms with E-state index in [0.717, 1.165) is 83.8 Å². The highest BCUT2D eigenvalue weighted by Gasteiger charge is 2.32. The Kier molecular flexibility index (Phi) is 4.95. The number of para-hydroxylation sites is 1. The Morgan fingerprint density at radius 1 is 1.13 bits per heavy atom. The highest BCUT2D eigenvalue weighted by molar-refractivity contribution is 6.36. The lowest BCUT2D eigenvalue weighted by Gasteiger charge is -2.19. The number of likely N-dealkylation sites (tertiary alicyclic amines) is 1. The van der Waals surface area contributed by atoms with Gasteiger partial charge in [-0.2, -0.15) is 0 Å². The van der Waals surface area contributed by atoms with E-state index in [-0.39, 0.29) is 11.8 Å². The van der Waals surface area contributed by atoms with Gasteiger partial charge in [-0.1, -0.05) is 18.2 Å². The van der Waals surface area contributed by atoms with E-state index in [4.69, 9.17) is 0 Å². The minimum Gasteiger partial charge on any atom is -0.358 e. The van der Waals surface area contributed by atoms with Crippen molar-refractivity contribution in [2.45, 2.75) is 39.0 Å². The third kappa shape index (κ3) is 3.25. The number of benzene rings is 1. The molecule has 0 saturated carbocycles. The number of amides is 2. The quantitative estimate of drug-likeness (QED) is 0.684. The summed E-state index contributed by atoms with van der Waals surface area (Å²) in [7, 11) is 0. The van der Waals surface area contributed by atoms with E-state index >= 15 is 0 Å². The Morgan fingerprint density at radius 2 is 1.93 bits per heavy atom. The van der Waals surface area contributed by atoms with Crippen LogP contribution in [0, 0.1) is 6.92 Å². The monoisotopic (exact) mass is 404 g/mol. The third-order valence-corrected chi connectivity index (χ3v) is 6.56. The molecule has 156 valence electrons. The molecule has 0 radical (unpaired) electrons. The third-order valence-electron chi connectivity index (χ3n) is 6.56. The van der Waals surface area contributed by atoms with Crippen molar-refractivity contribution in [3.63, 3.8) is 0 Å². The highest BCUT2D eigenvalue weighted by Crippen LogP contribution is 2.42. The number of carbonyl (C=O) groups excluding carboxylic acids is 2. The number of aromatic nitrogens is 1. The minimum atomic E-state index is -0.0529. The molecule has 3 N–H and O–H groups in total. The van der Waals surface area contributed by atoms with Crippen LogP contribution in [0.5, 0.6) is 0 Å². The van der Waals surface area contributed by atoms with Crippen LogP contribution in [0.4, 0.5) is 5.69 Å². The van der Waals surface area contributed by atoms with Crippen LogP contribution in [0.3, 0.4) is 0 Å². The lowest BCUT2D eigenvalue weighted by molar-refractivity contribution is -0.110. The van der Waals surface area contributed by atoms with Gasteiger partial charge in [0.2, 0.25) is 0 Å². The number of hydrogen-bond donors (Lipinski definition) is 3. The zero-order chi connectivity index (χ0) is 20.7. The fourth-order valence-electron chi connectivity index (χ4n) is 5.15. The van der Waals surface area contributed by atoms with E-state index in [1.54, 1.807) is 0 Å². The van der Waals surface area contributed by atoms with Crippen molar-refractivity contribution in [3.8, 4) is 0 Å². The van der Waals surface area contributed by atoms with Crippen LogP contribution in [-0.2, 0) is 11.2 Å². The summed E-state index contributed by atoms with van der Waals surface area (Å²) in [6.07, 6.45) is 5.14. The number of fused-ring (bicyclic) bond motifs is 2. The van der Waals surface area contributed by atoms with Gasteiger partial charge in [0.25, 0.3) is 11.8 Å². The number of aromatic amines is 1. The van der Waals surface area contributed by atoms with Crippen LogP contribution in [0.15, 0.2) is 24.3 Å². The summed E-state index contributed by atoms with van der Waals surface area (Å²) in [5, 5.41) is 6.10. The fraction of sp³-hybridized carbons (Fsp3) is 0.417. The van der Waals surface area contributed by atoms with Gasteiger partial charge in [-0.25, -0.2) is 0 Å². The summed E-state index contributed by atoms with van der Waals surface area (Å²) < 4.78 is 0. The van der Waals surface area contributed by atoms with Gasteiger partial charge in [-0.3, -0.25) is 9.59 Å². The second-order valence-corrected chi connectivity index (χ2v) is 8.49. The van der Waals surface area contributed by atoms with Crippen LogP contribution < -0.4 is 10.6 Å². The topological polar surface area (TPSA) is 77.2 Å². The van der Waals surface area contributed by atoms with Gasteiger partial charge in [-0.15, -0.1) is 0 Å². The van der Waals surface area contributed by atoms with Gasteiger partial charge in [0.15, 0.2) is 0 Å². The second-order valence-electron chi connectivity index (χ2n) is 8.49. The molecule has 6 heteroatoms. The standard InChI is InChI=1S/C24H28N4O2/c1-15-20(23(29)25-11-14-28-12-4-5-13-28)17-8-6-9-18(22(17)26-15)21-16-7-2-3-10-19(16)27-24(21)30/h2-3,7,10,26H,4-6,8-9,11-14H2,1H3,(H,25,29)(H,27,30). The molecule has 2 amide bonds. The normalized spacial score (nSPS) is 20.8. The maximum atomic E-state index is 13.0. The van der Waals surface area contributed by atoms with E-state index in [1.165, 1.54) is 12.8 Å². The molecule has 1 fully saturated rings. The van der Waals surface area contributed by atoms with Crippen molar-refractivity contribution >= 4 is 28.6 Å². The first-order valence-electron chi connectivity index (χ1n) is 11.0. The van der Waals surface area contributed by atoms with Gasteiger partial charge >= 0.3 is 0 Å². The Hall–Kier alpha value is -2.86. The van der Waals surface area contributed by atoms with Crippen LogP contribution in [0.25, 0.3) is 11.1 Å². The molecule has 3 aliphatic rings. The molecule has 0 atom stereocenters. The summed E-state index contributed by atoms with van der Waals surface area (Å²) in [4.78, 5) is 31.6. The van der Waals surface area contributed by atoms with Crippen molar-refractivity contribution in [1.29, 1.82) is 0 Å². The van der Waals surface area contributed by atoms with Crippen LogP contribution in [0.1, 0.15) is 58.6 Å². The summed E-state index contributed by atoms with van der Waals surface area (Å²) in [6, 6.07) is 7.82. The van der Waals surface area contributed by atoms with Gasteiger partial charge in [0, 0.05) is 35.7 Å². The maximum Gasteiger partial charge on any atom is 0.256 e. The molecule has 2 aliphatic heterocycles. The van der Waals surface area contributed by atoms with E-state index < -0.39 is 0 Å². The summed E-state index contributed by atoms with van der Waals surface area (Å²) in [5.41, 5.74) is 7.24. The van der Waals surface area contributed by atoms with Crippen molar-refractivity contribution in [2.75, 3.05) is 31.5 Å². The fourth-order valence-corrected chi connectivity index (χ4v) is 5.15. The van der Waals surface area contributed by atoms with Crippen molar-refractivity contribution in [2.24, 2.45) is 0 Å². The number of nitrogens with zero attached hydrogens (tertiary/aromatic N) is 1. The van der Waals surface area contributed by atoms with E-state index in [9.17, 15) is 9.59 Å². The van der Waals surface area contributed by atoms with Gasteiger partial charge < -0.3 is 20.5 Å². The summed E-state index contributed by atoms with van der Waals surface area (Å²) >= 11 is 0.